The Labute approximate surface area is 155 Å². The molecule has 0 radical (unpaired) electrons. The molecule has 0 spiro atoms. The highest BCUT2D eigenvalue weighted by Crippen LogP contribution is 2.39. The Hall–Kier alpha value is -1.88. The van der Waals surface area contributed by atoms with Crippen LogP contribution in [0.5, 0.6) is 0 Å². The third-order valence-electron chi connectivity index (χ3n) is 4.47. The Bertz CT molecular complexity index is 649. The third-order valence-corrected chi connectivity index (χ3v) is 4.47. The number of carbonyl (C=O) groups is 4. The maximum atomic E-state index is 12.8. The van der Waals surface area contributed by atoms with E-state index >= 15 is 0 Å². The number of allylic oxidation sites excluding steroid dienone is 3. The van der Waals surface area contributed by atoms with Gasteiger partial charge in [0, 0.05) is 6.42 Å². The lowest BCUT2D eigenvalue weighted by Crippen LogP contribution is -2.49. The summed E-state index contributed by atoms with van der Waals surface area (Å²) in [5, 5.41) is 11.0. The molecular weight excluding hydrogens is 332 g/mol. The second-order valence-electron chi connectivity index (χ2n) is 8.07. The summed E-state index contributed by atoms with van der Waals surface area (Å²) < 4.78 is 0. The van der Waals surface area contributed by atoms with Crippen LogP contribution in [-0.2, 0) is 19.2 Å². The van der Waals surface area contributed by atoms with Crippen molar-refractivity contribution in [2.75, 3.05) is 0 Å². The zero-order chi connectivity index (χ0) is 20.2. The van der Waals surface area contributed by atoms with Crippen molar-refractivity contribution in [1.29, 1.82) is 0 Å². The van der Waals surface area contributed by atoms with Crippen LogP contribution in [0.25, 0.3) is 0 Å². The first-order valence-corrected chi connectivity index (χ1v) is 9.12. The normalized spacial score (nSPS) is 26.2. The highest BCUT2D eigenvalue weighted by molar-refractivity contribution is 6.34. The average Bonchev–Trinajstić information content (AvgIpc) is 2.69. The SMILES string of the molecule is CC(C)=CCC1C(=O)C(C(=O)CC(C)C)C(=O)C1(O)C(=O)/C=C\C(C)C. The average molecular weight is 362 g/mol. The lowest BCUT2D eigenvalue weighted by Gasteiger charge is -2.24. The molecule has 3 atom stereocenters. The van der Waals surface area contributed by atoms with Crippen LogP contribution in [0.2, 0.25) is 0 Å². The quantitative estimate of drug-likeness (QED) is 0.407. The van der Waals surface area contributed by atoms with E-state index in [2.05, 4.69) is 0 Å². The molecule has 1 aliphatic carbocycles. The van der Waals surface area contributed by atoms with Crippen molar-refractivity contribution in [1.82, 2.24) is 0 Å². The van der Waals surface area contributed by atoms with E-state index in [0.717, 1.165) is 11.6 Å². The van der Waals surface area contributed by atoms with Gasteiger partial charge in [-0.3, -0.25) is 19.2 Å². The summed E-state index contributed by atoms with van der Waals surface area (Å²) in [7, 11) is 0. The van der Waals surface area contributed by atoms with Crippen LogP contribution in [0.15, 0.2) is 23.8 Å². The van der Waals surface area contributed by atoms with E-state index < -0.39 is 40.6 Å². The molecule has 26 heavy (non-hydrogen) atoms. The van der Waals surface area contributed by atoms with Gasteiger partial charge in [-0.1, -0.05) is 45.4 Å². The van der Waals surface area contributed by atoms with Gasteiger partial charge < -0.3 is 5.11 Å². The number of Topliss-reactive ketones (excluding diaryl/α,β-unsaturated/α-hetero) is 3. The van der Waals surface area contributed by atoms with Gasteiger partial charge in [-0.2, -0.15) is 0 Å². The summed E-state index contributed by atoms with van der Waals surface area (Å²) in [5.41, 5.74) is -1.57. The molecule has 3 unspecified atom stereocenters. The second-order valence-corrected chi connectivity index (χ2v) is 8.07. The first kappa shape index (κ1) is 22.2. The first-order chi connectivity index (χ1) is 11.9. The fourth-order valence-electron chi connectivity index (χ4n) is 3.09. The Morgan fingerprint density at radius 1 is 1.15 bits per heavy atom. The van der Waals surface area contributed by atoms with E-state index in [9.17, 15) is 24.3 Å². The van der Waals surface area contributed by atoms with Gasteiger partial charge in [-0.05, 0) is 38.2 Å². The number of ketones is 4. The predicted octanol–water partition coefficient (Wildman–Crippen LogP) is 2.85. The summed E-state index contributed by atoms with van der Waals surface area (Å²) in [6.45, 7) is 11.0. The first-order valence-electron chi connectivity index (χ1n) is 9.12. The maximum Gasteiger partial charge on any atom is 0.196 e. The van der Waals surface area contributed by atoms with Gasteiger partial charge in [0.05, 0.1) is 5.92 Å². The van der Waals surface area contributed by atoms with Gasteiger partial charge >= 0.3 is 0 Å². The Morgan fingerprint density at radius 2 is 1.73 bits per heavy atom. The van der Waals surface area contributed by atoms with Crippen molar-refractivity contribution in [2.45, 2.75) is 60.0 Å². The maximum absolute atomic E-state index is 12.8. The zero-order valence-corrected chi connectivity index (χ0v) is 16.5. The minimum absolute atomic E-state index is 0.0236. The molecule has 1 fully saturated rings. The fraction of sp³-hybridized carbons (Fsp3) is 0.619. The molecule has 0 aromatic heterocycles. The minimum atomic E-state index is -2.47. The lowest BCUT2D eigenvalue weighted by atomic mass is 9.82. The summed E-state index contributed by atoms with van der Waals surface area (Å²) in [6, 6.07) is 0. The summed E-state index contributed by atoms with van der Waals surface area (Å²) in [4.78, 5) is 50.7. The Morgan fingerprint density at radius 3 is 2.19 bits per heavy atom. The smallest absolute Gasteiger partial charge is 0.196 e. The van der Waals surface area contributed by atoms with E-state index in [1.807, 2.05) is 41.5 Å². The molecule has 5 nitrogen and oxygen atoms in total. The molecule has 0 saturated heterocycles. The highest BCUT2D eigenvalue weighted by Gasteiger charge is 2.63. The van der Waals surface area contributed by atoms with Gasteiger partial charge in [-0.25, -0.2) is 0 Å². The van der Waals surface area contributed by atoms with Crippen molar-refractivity contribution in [3.8, 4) is 0 Å². The van der Waals surface area contributed by atoms with E-state index in [1.54, 1.807) is 12.2 Å². The molecular formula is C21H30O5. The molecule has 1 aliphatic rings. The number of aliphatic hydroxyl groups is 1. The van der Waals surface area contributed by atoms with E-state index in [0.29, 0.717) is 0 Å². The van der Waals surface area contributed by atoms with Crippen LogP contribution in [0.3, 0.4) is 0 Å². The summed E-state index contributed by atoms with van der Waals surface area (Å²) >= 11 is 0. The molecule has 0 aromatic rings. The van der Waals surface area contributed by atoms with Crippen LogP contribution in [0.4, 0.5) is 0 Å². The van der Waals surface area contributed by atoms with Crippen LogP contribution in [-0.4, -0.2) is 33.8 Å². The molecule has 1 N–H and O–H groups in total. The molecule has 0 heterocycles. The molecule has 1 rings (SSSR count). The fourth-order valence-corrected chi connectivity index (χ4v) is 3.09. The monoisotopic (exact) mass is 362 g/mol. The van der Waals surface area contributed by atoms with Crippen molar-refractivity contribution in [3.05, 3.63) is 23.8 Å². The third kappa shape index (κ3) is 4.64. The Kier molecular flexibility index (Phi) is 7.39. The van der Waals surface area contributed by atoms with Crippen LogP contribution >= 0.6 is 0 Å². The highest BCUT2D eigenvalue weighted by atomic mass is 16.3. The zero-order valence-electron chi connectivity index (χ0n) is 16.5. The lowest BCUT2D eigenvalue weighted by molar-refractivity contribution is -0.151. The Balaban J connectivity index is 3.35. The number of carbonyl (C=O) groups excluding carboxylic acids is 4. The second kappa shape index (κ2) is 8.67. The van der Waals surface area contributed by atoms with Crippen LogP contribution in [0.1, 0.15) is 54.4 Å². The van der Waals surface area contributed by atoms with Gasteiger partial charge in [0.25, 0.3) is 0 Å². The standard InChI is InChI=1S/C21H30O5/c1-12(2)7-9-15-19(24)18(16(22)11-14(5)6)20(25)21(15,26)17(23)10-8-13(3)4/h7-8,10,13-15,18,26H,9,11H2,1-6H3/b10-8-. The molecule has 0 aromatic carbocycles. The predicted molar refractivity (Wildman–Crippen MR) is 99.4 cm³/mol. The molecule has 5 heteroatoms. The van der Waals surface area contributed by atoms with Crippen LogP contribution in [0, 0.1) is 23.7 Å². The van der Waals surface area contributed by atoms with Gasteiger partial charge in [0.15, 0.2) is 28.7 Å². The van der Waals surface area contributed by atoms with E-state index in [1.165, 1.54) is 0 Å². The van der Waals surface area contributed by atoms with Crippen molar-refractivity contribution >= 4 is 23.1 Å². The number of hydrogen-bond acceptors (Lipinski definition) is 5. The molecule has 0 aliphatic heterocycles. The van der Waals surface area contributed by atoms with Crippen molar-refractivity contribution in [3.63, 3.8) is 0 Å². The summed E-state index contributed by atoms with van der Waals surface area (Å²) in [6.07, 6.45) is 4.54. The van der Waals surface area contributed by atoms with Crippen molar-refractivity contribution < 1.29 is 24.3 Å². The molecule has 1 saturated carbocycles. The summed E-state index contributed by atoms with van der Waals surface area (Å²) in [5.74, 6) is -5.71. The van der Waals surface area contributed by atoms with E-state index in [4.69, 9.17) is 0 Å². The number of rotatable bonds is 8. The molecule has 144 valence electrons. The molecule has 0 amide bonds. The topological polar surface area (TPSA) is 88.5 Å². The van der Waals surface area contributed by atoms with Crippen LogP contribution < -0.4 is 0 Å². The minimum Gasteiger partial charge on any atom is -0.374 e. The van der Waals surface area contributed by atoms with E-state index in [-0.39, 0.29) is 24.7 Å². The number of hydrogen-bond donors (Lipinski definition) is 1. The largest absolute Gasteiger partial charge is 0.374 e. The van der Waals surface area contributed by atoms with Gasteiger partial charge in [0.1, 0.15) is 5.92 Å². The van der Waals surface area contributed by atoms with Crippen molar-refractivity contribution in [2.24, 2.45) is 23.7 Å². The van der Waals surface area contributed by atoms with Gasteiger partial charge in [0.2, 0.25) is 0 Å². The molecule has 0 bridgehead atoms. The van der Waals surface area contributed by atoms with Gasteiger partial charge in [-0.15, -0.1) is 0 Å².